The van der Waals surface area contributed by atoms with Crippen molar-refractivity contribution >= 4 is 11.9 Å². The normalized spacial score (nSPS) is 11.9. The van der Waals surface area contributed by atoms with E-state index in [1.165, 1.54) is 6.07 Å². The number of aryl methyl sites for hydroxylation is 1. The summed E-state index contributed by atoms with van der Waals surface area (Å²) >= 11 is 0. The summed E-state index contributed by atoms with van der Waals surface area (Å²) in [6, 6.07) is 6.51. The first-order valence-corrected chi connectivity index (χ1v) is 6.81. The molecule has 0 aliphatic heterocycles. The van der Waals surface area contributed by atoms with Gasteiger partial charge in [0.15, 0.2) is 0 Å². The Hall–Kier alpha value is -1.95. The molecule has 1 aromatic carbocycles. The van der Waals surface area contributed by atoms with Gasteiger partial charge in [-0.3, -0.25) is 4.79 Å². The molecule has 0 saturated carbocycles. The zero-order valence-electron chi connectivity index (χ0n) is 12.0. The molecule has 0 spiro atoms. The average Bonchev–Trinajstić information content (AvgIpc) is 2.45. The number of carboxylic acid groups (broad SMARTS) is 1. The average molecular weight is 297 g/mol. The van der Waals surface area contributed by atoms with Crippen LogP contribution in [-0.4, -0.2) is 36.7 Å². The van der Waals surface area contributed by atoms with Crippen molar-refractivity contribution in [3.63, 3.8) is 0 Å². The van der Waals surface area contributed by atoms with Gasteiger partial charge in [-0.15, -0.1) is 0 Å². The fourth-order valence-corrected chi connectivity index (χ4v) is 1.78. The van der Waals surface area contributed by atoms with Gasteiger partial charge in [-0.05, 0) is 24.5 Å². The van der Waals surface area contributed by atoms with E-state index < -0.39 is 5.97 Å². The maximum Gasteiger partial charge on any atom is 0.329 e. The van der Waals surface area contributed by atoms with Crippen LogP contribution in [0.15, 0.2) is 24.3 Å². The first-order chi connectivity index (χ1) is 10.0. The van der Waals surface area contributed by atoms with Gasteiger partial charge < -0.3 is 15.2 Å². The molecule has 0 bridgehead atoms. The summed E-state index contributed by atoms with van der Waals surface area (Å²) in [5, 5.41) is 11.0. The monoisotopic (exact) mass is 297 g/mol. The molecule has 1 unspecified atom stereocenters. The number of halogens is 1. The summed E-state index contributed by atoms with van der Waals surface area (Å²) < 4.78 is 18.2. The Bertz CT molecular complexity index is 478. The Morgan fingerprint density at radius 2 is 2.10 bits per heavy atom. The predicted octanol–water partition coefficient (Wildman–Crippen LogP) is 1.61. The van der Waals surface area contributed by atoms with Crippen LogP contribution in [0.25, 0.3) is 0 Å². The molecular weight excluding hydrogens is 277 g/mol. The lowest BCUT2D eigenvalue weighted by Crippen LogP contribution is -2.32. The van der Waals surface area contributed by atoms with E-state index in [0.717, 1.165) is 0 Å². The molecule has 0 heterocycles. The minimum Gasteiger partial charge on any atom is -0.480 e. The molecule has 0 radical (unpaired) electrons. The maximum atomic E-state index is 13.4. The smallest absolute Gasteiger partial charge is 0.329 e. The van der Waals surface area contributed by atoms with E-state index in [0.29, 0.717) is 18.4 Å². The molecule has 1 aromatic rings. The van der Waals surface area contributed by atoms with Crippen molar-refractivity contribution in [1.29, 1.82) is 0 Å². The first kappa shape index (κ1) is 17.1. The van der Waals surface area contributed by atoms with Crippen LogP contribution in [0.1, 0.15) is 18.9 Å². The molecule has 6 heteroatoms. The highest BCUT2D eigenvalue weighted by Gasteiger charge is 2.13. The lowest BCUT2D eigenvalue weighted by molar-refractivity contribution is -0.142. The molecule has 1 rings (SSSR count). The summed E-state index contributed by atoms with van der Waals surface area (Å²) in [7, 11) is 0. The quantitative estimate of drug-likeness (QED) is 0.679. The second-order valence-corrected chi connectivity index (χ2v) is 4.77. The van der Waals surface area contributed by atoms with Crippen LogP contribution in [0.3, 0.4) is 0 Å². The van der Waals surface area contributed by atoms with Crippen molar-refractivity contribution in [3.05, 3.63) is 35.6 Å². The zero-order valence-corrected chi connectivity index (χ0v) is 12.0. The molecule has 0 aromatic heterocycles. The topological polar surface area (TPSA) is 75.6 Å². The third kappa shape index (κ3) is 6.85. The van der Waals surface area contributed by atoms with Crippen molar-refractivity contribution in [2.45, 2.75) is 19.8 Å². The molecule has 5 nitrogen and oxygen atoms in total. The third-order valence-electron chi connectivity index (χ3n) is 3.02. The van der Waals surface area contributed by atoms with E-state index in [1.807, 2.05) is 0 Å². The van der Waals surface area contributed by atoms with Gasteiger partial charge in [0.1, 0.15) is 12.4 Å². The van der Waals surface area contributed by atoms with Crippen LogP contribution in [0.5, 0.6) is 0 Å². The van der Waals surface area contributed by atoms with Crippen LogP contribution in [0.2, 0.25) is 0 Å². The van der Waals surface area contributed by atoms with Gasteiger partial charge in [0.05, 0.1) is 6.61 Å². The molecule has 21 heavy (non-hydrogen) atoms. The summed E-state index contributed by atoms with van der Waals surface area (Å²) in [6.45, 7) is 1.81. The molecule has 116 valence electrons. The lowest BCUT2D eigenvalue weighted by Gasteiger charge is -2.12. The SMILES string of the molecule is CC(CCc1ccccc1F)C(=O)NCCOCC(=O)O. The van der Waals surface area contributed by atoms with E-state index in [4.69, 9.17) is 9.84 Å². The fourth-order valence-electron chi connectivity index (χ4n) is 1.78. The molecule has 0 saturated heterocycles. The minimum absolute atomic E-state index is 0.148. The van der Waals surface area contributed by atoms with Gasteiger partial charge in [0.2, 0.25) is 5.91 Å². The Morgan fingerprint density at radius 3 is 2.76 bits per heavy atom. The van der Waals surface area contributed by atoms with Gasteiger partial charge in [0.25, 0.3) is 0 Å². The number of nitrogens with one attached hydrogen (secondary N) is 1. The molecule has 2 N–H and O–H groups in total. The summed E-state index contributed by atoms with van der Waals surface area (Å²) in [5.41, 5.74) is 0.599. The number of hydrogen-bond donors (Lipinski definition) is 2. The number of carboxylic acids is 1. The Labute approximate surface area is 123 Å². The van der Waals surface area contributed by atoms with Crippen LogP contribution in [0, 0.1) is 11.7 Å². The van der Waals surface area contributed by atoms with Crippen LogP contribution in [-0.2, 0) is 20.7 Å². The summed E-state index contributed by atoms with van der Waals surface area (Å²) in [5.74, 6) is -1.69. The third-order valence-corrected chi connectivity index (χ3v) is 3.02. The molecule has 1 atom stereocenters. The Kier molecular flexibility index (Phi) is 7.39. The maximum absolute atomic E-state index is 13.4. The van der Waals surface area contributed by atoms with Gasteiger partial charge in [-0.2, -0.15) is 0 Å². The van der Waals surface area contributed by atoms with Crippen molar-refractivity contribution in [2.24, 2.45) is 5.92 Å². The second kappa shape index (κ2) is 9.07. The van der Waals surface area contributed by atoms with Gasteiger partial charge >= 0.3 is 5.97 Å². The number of carbonyl (C=O) groups excluding carboxylic acids is 1. The highest BCUT2D eigenvalue weighted by molar-refractivity contribution is 5.78. The highest BCUT2D eigenvalue weighted by Crippen LogP contribution is 2.13. The molecule has 1 amide bonds. The number of hydrogen-bond acceptors (Lipinski definition) is 3. The molecular formula is C15H20FNO4. The predicted molar refractivity (Wildman–Crippen MR) is 75.3 cm³/mol. The van der Waals surface area contributed by atoms with Gasteiger partial charge in [0, 0.05) is 12.5 Å². The fraction of sp³-hybridized carbons (Fsp3) is 0.467. The van der Waals surface area contributed by atoms with Crippen LogP contribution < -0.4 is 5.32 Å². The van der Waals surface area contributed by atoms with E-state index in [1.54, 1.807) is 25.1 Å². The minimum atomic E-state index is -1.04. The Balaban J connectivity index is 2.22. The first-order valence-electron chi connectivity index (χ1n) is 6.81. The van der Waals surface area contributed by atoms with Crippen LogP contribution in [0.4, 0.5) is 4.39 Å². The standard InChI is InChI=1S/C15H20FNO4/c1-11(6-7-12-4-2-3-5-13(12)16)15(20)17-8-9-21-10-14(18)19/h2-5,11H,6-10H2,1H3,(H,17,20)(H,18,19). The highest BCUT2D eigenvalue weighted by atomic mass is 19.1. The van der Waals surface area contributed by atoms with Gasteiger partial charge in [-0.25, -0.2) is 9.18 Å². The van der Waals surface area contributed by atoms with Crippen molar-refractivity contribution < 1.29 is 23.8 Å². The van der Waals surface area contributed by atoms with Crippen LogP contribution >= 0.6 is 0 Å². The number of ether oxygens (including phenoxy) is 1. The zero-order chi connectivity index (χ0) is 15.7. The Morgan fingerprint density at radius 1 is 1.38 bits per heavy atom. The van der Waals surface area contributed by atoms with E-state index in [-0.39, 0.29) is 37.4 Å². The van der Waals surface area contributed by atoms with Crippen molar-refractivity contribution in [2.75, 3.05) is 19.8 Å². The van der Waals surface area contributed by atoms with Crippen molar-refractivity contribution in [3.8, 4) is 0 Å². The second-order valence-electron chi connectivity index (χ2n) is 4.77. The molecule has 0 aliphatic rings. The molecule has 0 aliphatic carbocycles. The van der Waals surface area contributed by atoms with E-state index in [9.17, 15) is 14.0 Å². The van der Waals surface area contributed by atoms with E-state index >= 15 is 0 Å². The summed E-state index contributed by atoms with van der Waals surface area (Å²) in [6.07, 6.45) is 1.04. The van der Waals surface area contributed by atoms with Gasteiger partial charge in [-0.1, -0.05) is 25.1 Å². The lowest BCUT2D eigenvalue weighted by atomic mass is 10.00. The summed E-state index contributed by atoms with van der Waals surface area (Å²) in [4.78, 5) is 22.0. The largest absolute Gasteiger partial charge is 0.480 e. The number of amides is 1. The number of aliphatic carboxylic acids is 1. The molecule has 0 fully saturated rings. The number of carbonyl (C=O) groups is 2. The number of benzene rings is 1. The van der Waals surface area contributed by atoms with Crippen molar-refractivity contribution in [1.82, 2.24) is 5.32 Å². The van der Waals surface area contributed by atoms with E-state index in [2.05, 4.69) is 5.32 Å². The number of rotatable bonds is 9.